The summed E-state index contributed by atoms with van der Waals surface area (Å²) in [7, 11) is 1.72. The molecule has 2 aromatic rings. The molecule has 22 heavy (non-hydrogen) atoms. The molecule has 1 atom stereocenters. The summed E-state index contributed by atoms with van der Waals surface area (Å²) in [5.41, 5.74) is 0.949. The van der Waals surface area contributed by atoms with Gasteiger partial charge in [0, 0.05) is 7.05 Å². The van der Waals surface area contributed by atoms with E-state index in [4.69, 9.17) is 0 Å². The molecule has 0 saturated carbocycles. The zero-order chi connectivity index (χ0) is 16.5. The highest BCUT2D eigenvalue weighted by Crippen LogP contribution is 2.23. The highest BCUT2D eigenvalue weighted by Gasteiger charge is 2.23. The highest BCUT2D eigenvalue weighted by molar-refractivity contribution is 5.92. The van der Waals surface area contributed by atoms with Crippen molar-refractivity contribution in [1.29, 1.82) is 0 Å². The summed E-state index contributed by atoms with van der Waals surface area (Å²) < 4.78 is 1.67. The monoisotopic (exact) mass is 302 g/mol. The van der Waals surface area contributed by atoms with Gasteiger partial charge in [0.1, 0.15) is 5.75 Å². The van der Waals surface area contributed by atoms with Crippen LogP contribution in [0.2, 0.25) is 0 Å². The number of aromatic nitrogens is 3. The van der Waals surface area contributed by atoms with Gasteiger partial charge in [-0.25, -0.2) is 4.68 Å². The fraction of sp³-hybridized carbons (Fsp3) is 0.438. The summed E-state index contributed by atoms with van der Waals surface area (Å²) >= 11 is 0. The van der Waals surface area contributed by atoms with Crippen molar-refractivity contribution >= 4 is 5.91 Å². The zero-order valence-electron chi connectivity index (χ0n) is 13.6. The largest absolute Gasteiger partial charge is 0.508 e. The van der Waals surface area contributed by atoms with Crippen LogP contribution in [-0.2, 0) is 5.54 Å². The van der Waals surface area contributed by atoms with Crippen LogP contribution in [0.25, 0.3) is 0 Å². The van der Waals surface area contributed by atoms with Gasteiger partial charge in [-0.15, -0.1) is 5.10 Å². The van der Waals surface area contributed by atoms with Gasteiger partial charge in [0.25, 0.3) is 5.91 Å². The summed E-state index contributed by atoms with van der Waals surface area (Å²) in [6.45, 7) is 7.89. The molecule has 0 spiro atoms. The Morgan fingerprint density at radius 1 is 1.36 bits per heavy atom. The van der Waals surface area contributed by atoms with Crippen LogP contribution >= 0.6 is 0 Å². The van der Waals surface area contributed by atoms with E-state index in [1.807, 2.05) is 33.8 Å². The fourth-order valence-corrected chi connectivity index (χ4v) is 2.05. The van der Waals surface area contributed by atoms with Gasteiger partial charge in [-0.05, 0) is 45.4 Å². The molecule has 0 aliphatic heterocycles. The third-order valence-corrected chi connectivity index (χ3v) is 3.65. The molecule has 1 N–H and O–H groups in total. The SMILES string of the molecule is CC(c1cccc(O)c1)N(C)C(=O)c1cn(C(C)(C)C)nn1. The summed E-state index contributed by atoms with van der Waals surface area (Å²) in [5, 5.41) is 17.5. The van der Waals surface area contributed by atoms with Crippen molar-refractivity contribution in [1.82, 2.24) is 19.9 Å². The normalized spacial score (nSPS) is 13.0. The Kier molecular flexibility index (Phi) is 4.21. The van der Waals surface area contributed by atoms with Gasteiger partial charge in [0.2, 0.25) is 0 Å². The predicted molar refractivity (Wildman–Crippen MR) is 83.6 cm³/mol. The first-order valence-electron chi connectivity index (χ1n) is 7.19. The Labute approximate surface area is 130 Å². The molecule has 0 radical (unpaired) electrons. The summed E-state index contributed by atoms with van der Waals surface area (Å²) in [6, 6.07) is 6.71. The zero-order valence-corrected chi connectivity index (χ0v) is 13.6. The molecule has 1 heterocycles. The Morgan fingerprint density at radius 3 is 2.59 bits per heavy atom. The van der Waals surface area contributed by atoms with Crippen molar-refractivity contribution in [3.8, 4) is 5.75 Å². The molecule has 118 valence electrons. The lowest BCUT2D eigenvalue weighted by molar-refractivity contribution is 0.0736. The van der Waals surface area contributed by atoms with Gasteiger partial charge in [-0.3, -0.25) is 4.79 Å². The second kappa shape index (κ2) is 5.79. The van der Waals surface area contributed by atoms with Gasteiger partial charge in [-0.1, -0.05) is 17.3 Å². The molecule has 0 aliphatic rings. The minimum Gasteiger partial charge on any atom is -0.508 e. The molecule has 1 aromatic carbocycles. The molecule has 0 fully saturated rings. The number of hydrogen-bond acceptors (Lipinski definition) is 4. The van der Waals surface area contributed by atoms with E-state index in [0.717, 1.165) is 5.56 Å². The van der Waals surface area contributed by atoms with Gasteiger partial charge in [0.05, 0.1) is 17.8 Å². The maximum Gasteiger partial charge on any atom is 0.276 e. The number of rotatable bonds is 3. The van der Waals surface area contributed by atoms with Crippen molar-refractivity contribution in [2.75, 3.05) is 7.05 Å². The van der Waals surface area contributed by atoms with Crippen molar-refractivity contribution < 1.29 is 9.90 Å². The van der Waals surface area contributed by atoms with Crippen molar-refractivity contribution in [2.24, 2.45) is 0 Å². The first-order valence-corrected chi connectivity index (χ1v) is 7.19. The van der Waals surface area contributed by atoms with Crippen LogP contribution in [0.4, 0.5) is 0 Å². The van der Waals surface area contributed by atoms with E-state index >= 15 is 0 Å². The van der Waals surface area contributed by atoms with Gasteiger partial charge in [0.15, 0.2) is 5.69 Å². The average molecular weight is 302 g/mol. The van der Waals surface area contributed by atoms with Crippen LogP contribution in [-0.4, -0.2) is 38.0 Å². The maximum absolute atomic E-state index is 12.5. The van der Waals surface area contributed by atoms with E-state index in [0.29, 0.717) is 5.69 Å². The summed E-state index contributed by atoms with van der Waals surface area (Å²) in [4.78, 5) is 14.1. The first kappa shape index (κ1) is 16.0. The Bertz CT molecular complexity index is 673. The number of carbonyl (C=O) groups is 1. The minimum atomic E-state index is -0.221. The number of phenolic OH excluding ortho intramolecular Hbond substituents is 1. The van der Waals surface area contributed by atoms with E-state index in [1.54, 1.807) is 41.0 Å². The summed E-state index contributed by atoms with van der Waals surface area (Å²) in [5.74, 6) is -0.0183. The molecule has 2 rings (SSSR count). The Balaban J connectivity index is 2.20. The van der Waals surface area contributed by atoms with Gasteiger partial charge >= 0.3 is 0 Å². The fourth-order valence-electron chi connectivity index (χ4n) is 2.05. The van der Waals surface area contributed by atoms with Crippen LogP contribution in [0.1, 0.15) is 49.8 Å². The van der Waals surface area contributed by atoms with Crippen molar-refractivity contribution in [3.05, 3.63) is 41.7 Å². The number of aromatic hydroxyl groups is 1. The first-order chi connectivity index (χ1) is 10.2. The number of benzene rings is 1. The molecular weight excluding hydrogens is 280 g/mol. The van der Waals surface area contributed by atoms with Gasteiger partial charge < -0.3 is 10.0 Å². The second-order valence-electron chi connectivity index (χ2n) is 6.41. The number of amides is 1. The van der Waals surface area contributed by atoms with Crippen LogP contribution < -0.4 is 0 Å². The summed E-state index contributed by atoms with van der Waals surface area (Å²) in [6.07, 6.45) is 1.66. The third kappa shape index (κ3) is 3.27. The second-order valence-corrected chi connectivity index (χ2v) is 6.41. The van der Waals surface area contributed by atoms with Crippen LogP contribution in [0.3, 0.4) is 0 Å². The maximum atomic E-state index is 12.5. The van der Waals surface area contributed by atoms with Gasteiger partial charge in [-0.2, -0.15) is 0 Å². The van der Waals surface area contributed by atoms with Crippen LogP contribution in [0, 0.1) is 0 Å². The number of nitrogens with zero attached hydrogens (tertiary/aromatic N) is 4. The lowest BCUT2D eigenvalue weighted by Crippen LogP contribution is -2.30. The molecule has 0 aliphatic carbocycles. The number of phenols is 1. The Hall–Kier alpha value is -2.37. The predicted octanol–water partition coefficient (Wildman–Crippen LogP) is 2.57. The van der Waals surface area contributed by atoms with Crippen LogP contribution in [0.15, 0.2) is 30.5 Å². The average Bonchev–Trinajstić information content (AvgIpc) is 2.94. The van der Waals surface area contributed by atoms with Crippen molar-refractivity contribution in [2.45, 2.75) is 39.3 Å². The molecule has 6 heteroatoms. The van der Waals surface area contributed by atoms with E-state index in [9.17, 15) is 9.90 Å². The molecule has 1 amide bonds. The lowest BCUT2D eigenvalue weighted by atomic mass is 10.1. The topological polar surface area (TPSA) is 71.2 Å². The molecule has 1 unspecified atom stereocenters. The molecule has 0 bridgehead atoms. The third-order valence-electron chi connectivity index (χ3n) is 3.65. The standard InChI is InChI=1S/C16H22N4O2/c1-11(12-7-6-8-13(21)9-12)19(5)15(22)14-10-20(18-17-14)16(2,3)4/h6-11,21H,1-5H3. The van der Waals surface area contributed by atoms with Crippen molar-refractivity contribution in [3.63, 3.8) is 0 Å². The number of carbonyl (C=O) groups excluding carboxylic acids is 1. The van der Waals surface area contributed by atoms with E-state index in [-0.39, 0.29) is 23.2 Å². The molecule has 1 aromatic heterocycles. The smallest absolute Gasteiger partial charge is 0.276 e. The van der Waals surface area contributed by atoms with Crippen LogP contribution in [0.5, 0.6) is 5.75 Å². The quantitative estimate of drug-likeness (QED) is 0.946. The molecular formula is C16H22N4O2. The minimum absolute atomic E-state index is 0.181. The Morgan fingerprint density at radius 2 is 2.05 bits per heavy atom. The lowest BCUT2D eigenvalue weighted by Gasteiger charge is -2.24. The molecule has 6 nitrogen and oxygen atoms in total. The van der Waals surface area contributed by atoms with E-state index in [1.165, 1.54) is 0 Å². The molecule has 0 saturated heterocycles. The van der Waals surface area contributed by atoms with E-state index in [2.05, 4.69) is 10.3 Å². The highest BCUT2D eigenvalue weighted by atomic mass is 16.3. The number of hydrogen-bond donors (Lipinski definition) is 1. The van der Waals surface area contributed by atoms with E-state index < -0.39 is 0 Å².